The minimum atomic E-state index is 0.487. The van der Waals surface area contributed by atoms with Gasteiger partial charge in [0, 0.05) is 0 Å². The summed E-state index contributed by atoms with van der Waals surface area (Å²) in [5.74, 6) is 1.34. The van der Waals surface area contributed by atoms with Gasteiger partial charge in [-0.25, -0.2) is 9.13 Å². The highest BCUT2D eigenvalue weighted by Crippen LogP contribution is 2.19. The summed E-state index contributed by atoms with van der Waals surface area (Å²) in [6.07, 6.45) is 12.6. The molecule has 0 amide bonds. The summed E-state index contributed by atoms with van der Waals surface area (Å²) in [5.41, 5.74) is 1.31. The number of nitrogens with zero attached hydrogens (tertiary/aromatic N) is 2. The van der Waals surface area contributed by atoms with Crippen molar-refractivity contribution < 1.29 is 4.57 Å². The van der Waals surface area contributed by atoms with E-state index in [1.54, 1.807) is 0 Å². The van der Waals surface area contributed by atoms with Gasteiger partial charge in [0.15, 0.2) is 0 Å². The molecule has 120 valence electrons. The first-order chi connectivity index (χ1) is 10.7. The van der Waals surface area contributed by atoms with Crippen molar-refractivity contribution in [1.29, 1.82) is 0 Å². The zero-order chi connectivity index (χ0) is 15.8. The zero-order valence-corrected chi connectivity index (χ0v) is 14.5. The molecular formula is C20H31N2+. The molecule has 0 N–H and O–H groups in total. The van der Waals surface area contributed by atoms with Crippen molar-refractivity contribution in [2.45, 2.75) is 71.9 Å². The Morgan fingerprint density at radius 2 is 1.64 bits per heavy atom. The average Bonchev–Trinajstić information content (AvgIpc) is 2.96. The fourth-order valence-corrected chi connectivity index (χ4v) is 3.00. The van der Waals surface area contributed by atoms with Gasteiger partial charge in [0.05, 0.1) is 18.2 Å². The van der Waals surface area contributed by atoms with Gasteiger partial charge in [-0.3, -0.25) is 0 Å². The van der Waals surface area contributed by atoms with Crippen LogP contribution in [0.15, 0.2) is 42.7 Å². The lowest BCUT2D eigenvalue weighted by atomic mass is 10.1. The molecular weight excluding hydrogens is 268 g/mol. The minimum Gasteiger partial charge on any atom is -0.230 e. The first kappa shape index (κ1) is 16.8. The molecule has 0 saturated heterocycles. The van der Waals surface area contributed by atoms with Crippen LogP contribution in [0.25, 0.3) is 11.4 Å². The fourth-order valence-electron chi connectivity index (χ4n) is 3.00. The predicted octanol–water partition coefficient (Wildman–Crippen LogP) is 5.38. The molecule has 0 radical (unpaired) electrons. The summed E-state index contributed by atoms with van der Waals surface area (Å²) in [4.78, 5) is 0. The molecule has 2 aromatic rings. The van der Waals surface area contributed by atoms with E-state index >= 15 is 0 Å². The van der Waals surface area contributed by atoms with Crippen LogP contribution in [0.3, 0.4) is 0 Å². The number of aromatic nitrogens is 2. The summed E-state index contributed by atoms with van der Waals surface area (Å²) < 4.78 is 4.81. The number of hydrogen-bond donors (Lipinski definition) is 0. The average molecular weight is 299 g/mol. The summed E-state index contributed by atoms with van der Waals surface area (Å²) in [7, 11) is 0. The van der Waals surface area contributed by atoms with E-state index in [-0.39, 0.29) is 0 Å². The number of rotatable bonds is 9. The van der Waals surface area contributed by atoms with Crippen LogP contribution in [0.1, 0.15) is 65.3 Å². The maximum absolute atomic E-state index is 2.43. The van der Waals surface area contributed by atoms with E-state index in [1.807, 2.05) is 0 Å². The molecule has 0 aliphatic heterocycles. The largest absolute Gasteiger partial charge is 0.289 e. The van der Waals surface area contributed by atoms with Crippen LogP contribution in [0, 0.1) is 0 Å². The molecule has 0 unspecified atom stereocenters. The van der Waals surface area contributed by atoms with Crippen molar-refractivity contribution in [3.05, 3.63) is 42.7 Å². The van der Waals surface area contributed by atoms with Crippen molar-refractivity contribution in [2.75, 3.05) is 0 Å². The number of imidazole rings is 1. The summed E-state index contributed by atoms with van der Waals surface area (Å²) in [5, 5.41) is 0. The number of unbranched alkanes of at least 4 members (excludes halogenated alkanes) is 5. The van der Waals surface area contributed by atoms with Crippen molar-refractivity contribution in [1.82, 2.24) is 4.57 Å². The van der Waals surface area contributed by atoms with Gasteiger partial charge in [-0.15, -0.1) is 0 Å². The van der Waals surface area contributed by atoms with Crippen molar-refractivity contribution in [3.8, 4) is 11.4 Å². The molecule has 2 heteroatoms. The second kappa shape index (κ2) is 8.77. The summed E-state index contributed by atoms with van der Waals surface area (Å²) in [6.45, 7) is 7.90. The topological polar surface area (TPSA) is 8.81 Å². The summed E-state index contributed by atoms with van der Waals surface area (Å²) >= 11 is 0. The van der Waals surface area contributed by atoms with E-state index in [1.165, 1.54) is 49.9 Å². The second-order valence-corrected chi connectivity index (χ2v) is 6.45. The van der Waals surface area contributed by atoms with E-state index in [9.17, 15) is 0 Å². The van der Waals surface area contributed by atoms with E-state index in [0.29, 0.717) is 6.04 Å². The van der Waals surface area contributed by atoms with E-state index in [4.69, 9.17) is 0 Å². The van der Waals surface area contributed by atoms with Gasteiger partial charge < -0.3 is 0 Å². The summed E-state index contributed by atoms with van der Waals surface area (Å²) in [6, 6.07) is 11.3. The van der Waals surface area contributed by atoms with Gasteiger partial charge in [-0.1, -0.05) is 50.8 Å². The quantitative estimate of drug-likeness (QED) is 0.434. The van der Waals surface area contributed by atoms with Crippen LogP contribution in [0.5, 0.6) is 0 Å². The Hall–Kier alpha value is -1.57. The zero-order valence-electron chi connectivity index (χ0n) is 14.5. The third kappa shape index (κ3) is 4.46. The molecule has 0 bridgehead atoms. The number of benzene rings is 1. The first-order valence-electron chi connectivity index (χ1n) is 8.89. The smallest absolute Gasteiger partial charge is 0.230 e. The van der Waals surface area contributed by atoms with Crippen LogP contribution < -0.4 is 4.57 Å². The maximum atomic E-state index is 2.43. The van der Waals surface area contributed by atoms with Gasteiger partial charge in [0.25, 0.3) is 5.82 Å². The Kier molecular flexibility index (Phi) is 6.70. The molecule has 2 rings (SSSR count). The lowest BCUT2D eigenvalue weighted by molar-refractivity contribution is -0.686. The number of aryl methyl sites for hydroxylation is 1. The molecule has 0 saturated carbocycles. The van der Waals surface area contributed by atoms with Gasteiger partial charge >= 0.3 is 0 Å². The molecule has 22 heavy (non-hydrogen) atoms. The van der Waals surface area contributed by atoms with E-state index in [2.05, 4.69) is 72.6 Å². The standard InChI is InChI=1S/C20H31N2/c1-4-5-6-7-8-12-15-21-16-17-22(18(2)3)20(21)19-13-10-9-11-14-19/h9-11,13-14,16-18H,4-8,12,15H2,1-3H3/q+1. The lowest BCUT2D eigenvalue weighted by Gasteiger charge is -2.08. The SMILES string of the molecule is CCCCCCCC[n+]1ccn(C(C)C)c1-c1ccccc1. The first-order valence-corrected chi connectivity index (χ1v) is 8.89. The monoisotopic (exact) mass is 299 g/mol. The molecule has 0 atom stereocenters. The molecule has 1 heterocycles. The Labute approximate surface area is 135 Å². The Bertz CT molecular complexity index is 540. The molecule has 1 aromatic carbocycles. The number of hydrogen-bond acceptors (Lipinski definition) is 0. The van der Waals surface area contributed by atoms with E-state index in [0.717, 1.165) is 6.54 Å². The van der Waals surface area contributed by atoms with Crippen molar-refractivity contribution >= 4 is 0 Å². The van der Waals surface area contributed by atoms with Crippen LogP contribution in [-0.2, 0) is 6.54 Å². The van der Waals surface area contributed by atoms with Gasteiger partial charge in [-0.2, -0.15) is 0 Å². The Morgan fingerprint density at radius 1 is 0.955 bits per heavy atom. The normalized spacial score (nSPS) is 11.3. The third-order valence-electron chi connectivity index (χ3n) is 4.26. The van der Waals surface area contributed by atoms with Crippen LogP contribution in [0.2, 0.25) is 0 Å². The van der Waals surface area contributed by atoms with Gasteiger partial charge in [-0.05, 0) is 38.8 Å². The minimum absolute atomic E-state index is 0.487. The van der Waals surface area contributed by atoms with Gasteiger partial charge in [0.1, 0.15) is 12.4 Å². The van der Waals surface area contributed by atoms with Crippen LogP contribution in [0.4, 0.5) is 0 Å². The Balaban J connectivity index is 2.05. The molecule has 1 aromatic heterocycles. The predicted molar refractivity (Wildman–Crippen MR) is 93.8 cm³/mol. The molecule has 0 fully saturated rings. The highest BCUT2D eigenvalue weighted by Gasteiger charge is 2.20. The highest BCUT2D eigenvalue weighted by molar-refractivity contribution is 5.52. The molecule has 0 aliphatic rings. The third-order valence-corrected chi connectivity index (χ3v) is 4.26. The maximum Gasteiger partial charge on any atom is 0.289 e. The van der Waals surface area contributed by atoms with E-state index < -0.39 is 0 Å². The molecule has 0 spiro atoms. The fraction of sp³-hybridized carbons (Fsp3) is 0.550. The Morgan fingerprint density at radius 3 is 2.32 bits per heavy atom. The highest BCUT2D eigenvalue weighted by atomic mass is 15.2. The lowest BCUT2D eigenvalue weighted by Crippen LogP contribution is -2.35. The van der Waals surface area contributed by atoms with Gasteiger partial charge in [0.2, 0.25) is 0 Å². The molecule has 2 nitrogen and oxygen atoms in total. The van der Waals surface area contributed by atoms with Crippen molar-refractivity contribution in [2.24, 2.45) is 0 Å². The van der Waals surface area contributed by atoms with Crippen molar-refractivity contribution in [3.63, 3.8) is 0 Å². The van der Waals surface area contributed by atoms with Crippen LogP contribution >= 0.6 is 0 Å². The van der Waals surface area contributed by atoms with Crippen LogP contribution in [-0.4, -0.2) is 4.57 Å². The second-order valence-electron chi connectivity index (χ2n) is 6.45. The molecule has 0 aliphatic carbocycles.